The molecule has 0 radical (unpaired) electrons. The van der Waals surface area contributed by atoms with Crippen molar-refractivity contribution in [3.63, 3.8) is 0 Å². The fourth-order valence-corrected chi connectivity index (χ4v) is 2.81. The Bertz CT molecular complexity index is 457. The van der Waals surface area contributed by atoms with Gasteiger partial charge in [0, 0.05) is 16.4 Å². The van der Waals surface area contributed by atoms with Crippen LogP contribution < -0.4 is 10.6 Å². The van der Waals surface area contributed by atoms with Crippen LogP contribution in [-0.2, 0) is 5.41 Å². The van der Waals surface area contributed by atoms with E-state index in [9.17, 15) is 4.79 Å². The van der Waals surface area contributed by atoms with E-state index in [1.807, 2.05) is 12.1 Å². The van der Waals surface area contributed by atoms with Crippen LogP contribution in [0.2, 0.25) is 0 Å². The molecule has 0 saturated heterocycles. The quantitative estimate of drug-likeness (QED) is 0.771. The van der Waals surface area contributed by atoms with Gasteiger partial charge in [0.25, 0.3) is 0 Å². The van der Waals surface area contributed by atoms with Crippen molar-refractivity contribution in [3.8, 4) is 0 Å². The van der Waals surface area contributed by atoms with Crippen LogP contribution in [0.15, 0.2) is 28.7 Å². The second-order valence-corrected chi connectivity index (χ2v) is 6.47. The molecule has 1 aromatic rings. The highest BCUT2D eigenvalue weighted by molar-refractivity contribution is 9.10. The van der Waals surface area contributed by atoms with Gasteiger partial charge in [-0.3, -0.25) is 0 Å². The Morgan fingerprint density at radius 3 is 2.55 bits per heavy atom. The zero-order chi connectivity index (χ0) is 14.6. The monoisotopic (exact) mass is 340 g/mol. The molecule has 1 fully saturated rings. The highest BCUT2D eigenvalue weighted by Crippen LogP contribution is 2.43. The van der Waals surface area contributed by atoms with Gasteiger partial charge in [-0.05, 0) is 37.5 Å². The Labute approximate surface area is 128 Å². The number of nitrogens with one attached hydrogen (secondary N) is 2. The number of hydrogen-bond donors (Lipinski definition) is 3. The van der Waals surface area contributed by atoms with Crippen LogP contribution in [0.25, 0.3) is 0 Å². The summed E-state index contributed by atoms with van der Waals surface area (Å²) < 4.78 is 1.07. The molecule has 20 heavy (non-hydrogen) atoms. The Balaban J connectivity index is 1.95. The van der Waals surface area contributed by atoms with E-state index in [2.05, 4.69) is 38.7 Å². The molecule has 2 rings (SSSR count). The number of carbonyl (C=O) groups is 1. The first-order valence-corrected chi connectivity index (χ1v) is 7.76. The zero-order valence-electron chi connectivity index (χ0n) is 11.7. The van der Waals surface area contributed by atoms with Crippen molar-refractivity contribution in [3.05, 3.63) is 34.3 Å². The largest absolute Gasteiger partial charge is 0.394 e. The van der Waals surface area contributed by atoms with Crippen molar-refractivity contribution < 1.29 is 9.90 Å². The normalized spacial score (nSPS) is 17.9. The molecule has 3 N–H and O–H groups in total. The summed E-state index contributed by atoms with van der Waals surface area (Å²) in [5.74, 6) is 0. The Hall–Kier alpha value is -1.07. The summed E-state index contributed by atoms with van der Waals surface area (Å²) in [7, 11) is 0. The maximum absolute atomic E-state index is 11.7. The van der Waals surface area contributed by atoms with Gasteiger partial charge in [-0.15, -0.1) is 0 Å². The molecule has 1 aromatic carbocycles. The van der Waals surface area contributed by atoms with Gasteiger partial charge in [-0.2, -0.15) is 0 Å². The van der Waals surface area contributed by atoms with Crippen LogP contribution in [0.5, 0.6) is 0 Å². The first kappa shape index (κ1) is 15.3. The van der Waals surface area contributed by atoms with E-state index in [1.165, 1.54) is 12.0 Å². The number of aliphatic hydroxyl groups excluding tert-OH is 1. The molecule has 4 nitrogen and oxygen atoms in total. The number of halogens is 1. The first-order chi connectivity index (χ1) is 9.55. The smallest absolute Gasteiger partial charge is 0.315 e. The molecule has 2 amide bonds. The number of benzene rings is 1. The van der Waals surface area contributed by atoms with E-state index >= 15 is 0 Å². The molecular weight excluding hydrogens is 320 g/mol. The molecule has 1 aliphatic carbocycles. The predicted octanol–water partition coefficient (Wildman–Crippen LogP) is 2.55. The number of urea groups is 1. The molecule has 0 aliphatic heterocycles. The zero-order valence-corrected chi connectivity index (χ0v) is 13.2. The SMILES string of the molecule is CC(CO)NC(=O)NCC1(c2ccc(Br)cc2)CCC1. The van der Waals surface area contributed by atoms with Gasteiger partial charge in [0.2, 0.25) is 0 Å². The van der Waals surface area contributed by atoms with E-state index in [4.69, 9.17) is 5.11 Å². The second-order valence-electron chi connectivity index (χ2n) is 5.55. The molecule has 110 valence electrons. The summed E-state index contributed by atoms with van der Waals surface area (Å²) in [4.78, 5) is 11.7. The first-order valence-electron chi connectivity index (χ1n) is 6.97. The molecule has 1 atom stereocenters. The summed E-state index contributed by atoms with van der Waals surface area (Å²) in [5, 5.41) is 14.6. The van der Waals surface area contributed by atoms with Gasteiger partial charge >= 0.3 is 6.03 Å². The Morgan fingerprint density at radius 2 is 2.05 bits per heavy atom. The van der Waals surface area contributed by atoms with Crippen LogP contribution in [0.3, 0.4) is 0 Å². The topological polar surface area (TPSA) is 61.4 Å². The van der Waals surface area contributed by atoms with Crippen molar-refractivity contribution >= 4 is 22.0 Å². The van der Waals surface area contributed by atoms with Crippen molar-refractivity contribution in [2.45, 2.75) is 37.6 Å². The van der Waals surface area contributed by atoms with Crippen LogP contribution in [0.1, 0.15) is 31.7 Å². The van der Waals surface area contributed by atoms with E-state index in [1.54, 1.807) is 6.92 Å². The van der Waals surface area contributed by atoms with Crippen LogP contribution in [0.4, 0.5) is 4.79 Å². The minimum atomic E-state index is -0.222. The van der Waals surface area contributed by atoms with Gasteiger partial charge in [0.05, 0.1) is 12.6 Å². The van der Waals surface area contributed by atoms with Gasteiger partial charge in [-0.25, -0.2) is 4.79 Å². The van der Waals surface area contributed by atoms with Crippen LogP contribution in [-0.4, -0.2) is 30.3 Å². The third-order valence-electron chi connectivity index (χ3n) is 4.01. The minimum absolute atomic E-state index is 0.0503. The summed E-state index contributed by atoms with van der Waals surface area (Å²) in [6.07, 6.45) is 3.40. The lowest BCUT2D eigenvalue weighted by Crippen LogP contribution is -2.50. The lowest BCUT2D eigenvalue weighted by atomic mass is 9.64. The lowest BCUT2D eigenvalue weighted by molar-refractivity contribution is 0.204. The number of hydrogen-bond acceptors (Lipinski definition) is 2. The number of amides is 2. The maximum atomic E-state index is 11.7. The van der Waals surface area contributed by atoms with Gasteiger partial charge in [-0.1, -0.05) is 34.5 Å². The number of rotatable bonds is 5. The van der Waals surface area contributed by atoms with E-state index in [0.29, 0.717) is 6.54 Å². The average molecular weight is 341 g/mol. The summed E-state index contributed by atoms with van der Waals surface area (Å²) in [6.45, 7) is 2.36. The fraction of sp³-hybridized carbons (Fsp3) is 0.533. The summed E-state index contributed by atoms with van der Waals surface area (Å²) in [5.41, 5.74) is 1.35. The third kappa shape index (κ3) is 3.52. The Morgan fingerprint density at radius 1 is 1.40 bits per heavy atom. The van der Waals surface area contributed by atoms with Crippen LogP contribution in [0, 0.1) is 0 Å². The second kappa shape index (κ2) is 6.59. The van der Waals surface area contributed by atoms with Gasteiger partial charge in [0.1, 0.15) is 0 Å². The summed E-state index contributed by atoms with van der Waals surface area (Å²) in [6, 6.07) is 7.90. The Kier molecular flexibility index (Phi) is 5.05. The molecule has 1 saturated carbocycles. The van der Waals surface area contributed by atoms with Crippen LogP contribution >= 0.6 is 15.9 Å². The maximum Gasteiger partial charge on any atom is 0.315 e. The van der Waals surface area contributed by atoms with Crippen molar-refractivity contribution in [1.29, 1.82) is 0 Å². The molecule has 0 spiro atoms. The molecule has 1 aliphatic rings. The van der Waals surface area contributed by atoms with Gasteiger partial charge in [0.15, 0.2) is 0 Å². The molecule has 0 heterocycles. The van der Waals surface area contributed by atoms with E-state index in [-0.39, 0.29) is 24.1 Å². The summed E-state index contributed by atoms with van der Waals surface area (Å²) >= 11 is 3.45. The molecule has 0 aromatic heterocycles. The van der Waals surface area contributed by atoms with Crippen molar-refractivity contribution in [1.82, 2.24) is 10.6 Å². The third-order valence-corrected chi connectivity index (χ3v) is 4.53. The van der Waals surface area contributed by atoms with E-state index in [0.717, 1.165) is 17.3 Å². The molecule has 5 heteroatoms. The highest BCUT2D eigenvalue weighted by atomic mass is 79.9. The fourth-order valence-electron chi connectivity index (χ4n) is 2.54. The molecule has 0 bridgehead atoms. The minimum Gasteiger partial charge on any atom is -0.394 e. The highest BCUT2D eigenvalue weighted by Gasteiger charge is 2.38. The molecular formula is C15H21BrN2O2. The lowest BCUT2D eigenvalue weighted by Gasteiger charge is -2.42. The molecule has 1 unspecified atom stereocenters. The standard InChI is InChI=1S/C15H21BrN2O2/c1-11(9-19)18-14(20)17-10-15(7-2-8-15)12-3-5-13(16)6-4-12/h3-6,11,19H,2,7-10H2,1H3,(H2,17,18,20). The number of carbonyl (C=O) groups excluding carboxylic acids is 1. The number of aliphatic hydroxyl groups is 1. The predicted molar refractivity (Wildman–Crippen MR) is 82.8 cm³/mol. The van der Waals surface area contributed by atoms with E-state index < -0.39 is 0 Å². The van der Waals surface area contributed by atoms with Crippen molar-refractivity contribution in [2.75, 3.05) is 13.2 Å². The van der Waals surface area contributed by atoms with Crippen molar-refractivity contribution in [2.24, 2.45) is 0 Å². The average Bonchev–Trinajstić information content (AvgIpc) is 2.39. The van der Waals surface area contributed by atoms with Gasteiger partial charge < -0.3 is 15.7 Å².